The Labute approximate surface area is 148 Å². The molecule has 0 spiro atoms. The van der Waals surface area contributed by atoms with Gasteiger partial charge < -0.3 is 9.53 Å². The summed E-state index contributed by atoms with van der Waals surface area (Å²) in [5, 5.41) is 0. The van der Waals surface area contributed by atoms with Gasteiger partial charge >= 0.3 is 6.09 Å². The molecule has 1 aliphatic rings. The molecule has 2 rings (SSSR count). The molecule has 7 nitrogen and oxygen atoms in total. The summed E-state index contributed by atoms with van der Waals surface area (Å²) in [6, 6.07) is 5.50. The third-order valence-corrected chi connectivity index (χ3v) is 5.04. The van der Waals surface area contributed by atoms with E-state index in [0.29, 0.717) is 6.29 Å². The number of aldehydes is 1. The molecule has 1 saturated heterocycles. The molecule has 0 aromatic heterocycles. The molecule has 0 bridgehead atoms. The van der Waals surface area contributed by atoms with Gasteiger partial charge in [-0.05, 0) is 39.8 Å². The molecule has 25 heavy (non-hydrogen) atoms. The maximum absolute atomic E-state index is 12.4. The molecule has 0 aliphatic carbocycles. The van der Waals surface area contributed by atoms with Crippen molar-refractivity contribution in [3.63, 3.8) is 0 Å². The van der Waals surface area contributed by atoms with Crippen LogP contribution in [-0.4, -0.2) is 50.0 Å². The molecule has 2 atom stereocenters. The lowest BCUT2D eigenvalue weighted by molar-refractivity contribution is -0.111. The summed E-state index contributed by atoms with van der Waals surface area (Å²) in [7, 11) is -3.97. The molecular weight excluding hydrogens is 346 g/mol. The zero-order chi connectivity index (χ0) is 18.8. The highest BCUT2D eigenvalue weighted by Crippen LogP contribution is 2.25. The number of nitrogens with zero attached hydrogens (tertiary/aromatic N) is 1. The zero-order valence-electron chi connectivity index (χ0n) is 14.8. The summed E-state index contributed by atoms with van der Waals surface area (Å²) < 4.78 is 35.2. The van der Waals surface area contributed by atoms with Crippen molar-refractivity contribution in [1.82, 2.24) is 4.90 Å². The molecule has 138 valence electrons. The second-order valence-corrected chi connectivity index (χ2v) is 8.63. The van der Waals surface area contributed by atoms with Gasteiger partial charge in [0.15, 0.2) is 0 Å². The number of rotatable bonds is 4. The third kappa shape index (κ3) is 5.02. The van der Waals surface area contributed by atoms with Crippen molar-refractivity contribution in [2.75, 3.05) is 6.54 Å². The van der Waals surface area contributed by atoms with E-state index >= 15 is 0 Å². The molecule has 1 amide bonds. The van der Waals surface area contributed by atoms with Gasteiger partial charge in [-0.25, -0.2) is 4.79 Å². The van der Waals surface area contributed by atoms with E-state index in [9.17, 15) is 18.0 Å². The van der Waals surface area contributed by atoms with Gasteiger partial charge in [-0.15, -0.1) is 0 Å². The Hall–Kier alpha value is -1.93. The number of aryl methyl sites for hydroxylation is 1. The van der Waals surface area contributed by atoms with Crippen LogP contribution in [0.4, 0.5) is 4.79 Å². The number of hydrogen-bond acceptors (Lipinski definition) is 6. The van der Waals surface area contributed by atoms with E-state index in [-0.39, 0.29) is 17.9 Å². The normalized spacial score (nSPS) is 21.2. The highest BCUT2D eigenvalue weighted by Gasteiger charge is 2.40. The quantitative estimate of drug-likeness (QED) is 0.597. The Morgan fingerprint density at radius 3 is 2.36 bits per heavy atom. The maximum atomic E-state index is 12.4. The van der Waals surface area contributed by atoms with Gasteiger partial charge in [-0.3, -0.25) is 9.08 Å². The van der Waals surface area contributed by atoms with E-state index in [1.807, 2.05) is 6.92 Å². The summed E-state index contributed by atoms with van der Waals surface area (Å²) >= 11 is 0. The van der Waals surface area contributed by atoms with Crippen LogP contribution in [0.2, 0.25) is 0 Å². The van der Waals surface area contributed by atoms with E-state index in [0.717, 1.165) is 5.56 Å². The van der Waals surface area contributed by atoms with Gasteiger partial charge in [-0.1, -0.05) is 17.7 Å². The van der Waals surface area contributed by atoms with Crippen LogP contribution in [0, 0.1) is 6.92 Å². The molecule has 1 aliphatic heterocycles. The highest BCUT2D eigenvalue weighted by atomic mass is 32.2. The molecule has 1 unspecified atom stereocenters. The van der Waals surface area contributed by atoms with Crippen LogP contribution in [0.15, 0.2) is 29.2 Å². The minimum absolute atomic E-state index is 0.0244. The highest BCUT2D eigenvalue weighted by molar-refractivity contribution is 7.86. The number of carbonyl (C=O) groups is 2. The van der Waals surface area contributed by atoms with E-state index in [2.05, 4.69) is 0 Å². The van der Waals surface area contributed by atoms with Gasteiger partial charge in [0, 0.05) is 6.42 Å². The van der Waals surface area contributed by atoms with Crippen molar-refractivity contribution >= 4 is 22.5 Å². The van der Waals surface area contributed by atoms with E-state index in [4.69, 9.17) is 8.92 Å². The van der Waals surface area contributed by atoms with Gasteiger partial charge in [0.05, 0.1) is 23.6 Å². The van der Waals surface area contributed by atoms with Crippen molar-refractivity contribution < 1.29 is 26.9 Å². The van der Waals surface area contributed by atoms with Crippen molar-refractivity contribution in [2.45, 2.75) is 56.8 Å². The van der Waals surface area contributed by atoms with Crippen LogP contribution in [-0.2, 0) is 23.8 Å². The van der Waals surface area contributed by atoms with Crippen molar-refractivity contribution in [3.8, 4) is 0 Å². The Balaban J connectivity index is 2.10. The van der Waals surface area contributed by atoms with Gasteiger partial charge in [0.25, 0.3) is 10.1 Å². The lowest BCUT2D eigenvalue weighted by Gasteiger charge is -2.26. The van der Waals surface area contributed by atoms with Crippen LogP contribution < -0.4 is 0 Å². The molecule has 0 saturated carbocycles. The number of likely N-dealkylation sites (tertiary alicyclic amines) is 1. The number of benzene rings is 1. The minimum Gasteiger partial charge on any atom is -0.444 e. The van der Waals surface area contributed by atoms with Gasteiger partial charge in [0.1, 0.15) is 11.9 Å². The second-order valence-electron chi connectivity index (χ2n) is 7.06. The van der Waals surface area contributed by atoms with Crippen LogP contribution in [0.25, 0.3) is 0 Å². The van der Waals surface area contributed by atoms with E-state index in [1.165, 1.54) is 17.0 Å². The third-order valence-electron chi connectivity index (χ3n) is 3.66. The summed E-state index contributed by atoms with van der Waals surface area (Å²) in [5.74, 6) is 0. The summed E-state index contributed by atoms with van der Waals surface area (Å²) in [6.07, 6.45) is -0.753. The molecule has 8 heteroatoms. The largest absolute Gasteiger partial charge is 0.444 e. The predicted molar refractivity (Wildman–Crippen MR) is 90.6 cm³/mol. The Bertz CT molecular complexity index is 735. The van der Waals surface area contributed by atoms with E-state index in [1.54, 1.807) is 32.9 Å². The lowest BCUT2D eigenvalue weighted by Crippen LogP contribution is -2.40. The van der Waals surface area contributed by atoms with Gasteiger partial charge in [-0.2, -0.15) is 8.42 Å². The van der Waals surface area contributed by atoms with Crippen LogP contribution >= 0.6 is 0 Å². The van der Waals surface area contributed by atoms with Crippen molar-refractivity contribution in [1.29, 1.82) is 0 Å². The average molecular weight is 369 g/mol. The maximum Gasteiger partial charge on any atom is 0.410 e. The molecule has 1 aromatic rings. The molecule has 1 fully saturated rings. The Kier molecular flexibility index (Phi) is 5.53. The zero-order valence-corrected chi connectivity index (χ0v) is 15.6. The predicted octanol–water partition coefficient (Wildman–Crippen LogP) is 2.28. The molecule has 1 heterocycles. The lowest BCUT2D eigenvalue weighted by atomic mass is 10.2. The average Bonchev–Trinajstić information content (AvgIpc) is 2.88. The van der Waals surface area contributed by atoms with Crippen LogP contribution in [0.3, 0.4) is 0 Å². The fraction of sp³-hybridized carbons (Fsp3) is 0.529. The smallest absolute Gasteiger partial charge is 0.410 e. The minimum atomic E-state index is -3.97. The van der Waals surface area contributed by atoms with Crippen molar-refractivity contribution in [3.05, 3.63) is 29.8 Å². The fourth-order valence-corrected chi connectivity index (χ4v) is 3.57. The Morgan fingerprint density at radius 1 is 1.24 bits per heavy atom. The summed E-state index contributed by atoms with van der Waals surface area (Å²) in [5.41, 5.74) is 0.217. The number of hydrogen-bond donors (Lipinski definition) is 0. The number of amides is 1. The molecule has 1 aromatic carbocycles. The van der Waals surface area contributed by atoms with Crippen LogP contribution in [0.5, 0.6) is 0 Å². The molecule has 0 radical (unpaired) electrons. The topological polar surface area (TPSA) is 90.0 Å². The van der Waals surface area contributed by atoms with Crippen molar-refractivity contribution in [2.24, 2.45) is 0 Å². The molecular formula is C17H23NO6S. The first-order chi connectivity index (χ1) is 11.5. The van der Waals surface area contributed by atoms with E-state index < -0.39 is 34.0 Å². The SMILES string of the molecule is Cc1ccc(S(=O)(=O)OC2C[C@H](C=O)N(C(=O)OC(C)(C)C)C2)cc1. The summed E-state index contributed by atoms with van der Waals surface area (Å²) in [4.78, 5) is 24.7. The first-order valence-corrected chi connectivity index (χ1v) is 9.37. The first-order valence-electron chi connectivity index (χ1n) is 7.97. The van der Waals surface area contributed by atoms with Gasteiger partial charge in [0.2, 0.25) is 0 Å². The second kappa shape index (κ2) is 7.13. The standard InChI is InChI=1S/C17H23NO6S/c1-12-5-7-15(8-6-12)25(21,22)24-14-9-13(11-19)18(10-14)16(20)23-17(2,3)4/h5-8,11,13-14H,9-10H2,1-4H3/t13-,14?/m1/s1. The van der Waals surface area contributed by atoms with Crippen LogP contribution in [0.1, 0.15) is 32.8 Å². The summed E-state index contributed by atoms with van der Waals surface area (Å²) in [6.45, 7) is 6.97. The first kappa shape index (κ1) is 19.4. The number of ether oxygens (including phenoxy) is 1. The molecule has 0 N–H and O–H groups in total. The monoisotopic (exact) mass is 369 g/mol. The number of carbonyl (C=O) groups excluding carboxylic acids is 2. The Morgan fingerprint density at radius 2 is 1.84 bits per heavy atom. The fourth-order valence-electron chi connectivity index (χ4n) is 2.49.